The van der Waals surface area contributed by atoms with Crippen LogP contribution in [0.2, 0.25) is 0 Å². The van der Waals surface area contributed by atoms with Crippen LogP contribution in [-0.4, -0.2) is 46.6 Å². The van der Waals surface area contributed by atoms with Gasteiger partial charge >= 0.3 is 11.9 Å². The Bertz CT molecular complexity index is 525. The molecule has 0 spiro atoms. The highest BCUT2D eigenvalue weighted by molar-refractivity contribution is 5.87. The van der Waals surface area contributed by atoms with E-state index < -0.39 is 5.97 Å². The first-order valence-electron chi connectivity index (χ1n) is 10.3. The zero-order valence-corrected chi connectivity index (χ0v) is 17.2. The molecule has 2 aliphatic carbocycles. The first-order valence-corrected chi connectivity index (χ1v) is 10.3. The van der Waals surface area contributed by atoms with Gasteiger partial charge in [0.1, 0.15) is 6.10 Å². The number of carbonyl (C=O) groups excluding carboxylic acids is 1. The topological polar surface area (TPSA) is 104 Å². The molecule has 0 unspecified atom stereocenters. The van der Waals surface area contributed by atoms with Crippen molar-refractivity contribution in [1.29, 1.82) is 0 Å². The molecule has 160 valence electrons. The number of rotatable bonds is 6. The van der Waals surface area contributed by atoms with Crippen LogP contribution in [0.15, 0.2) is 23.8 Å². The molecule has 0 saturated heterocycles. The number of carboxylic acid groups (broad SMARTS) is 1. The molecule has 0 atom stereocenters. The van der Waals surface area contributed by atoms with E-state index in [2.05, 4.69) is 12.7 Å². The van der Waals surface area contributed by atoms with Crippen LogP contribution in [0.1, 0.15) is 65.2 Å². The average molecular weight is 397 g/mol. The number of allylic oxidation sites excluding steroid dienone is 1. The molecule has 0 bridgehead atoms. The van der Waals surface area contributed by atoms with E-state index in [1.54, 1.807) is 0 Å². The number of aliphatic carboxylic acids is 1. The quantitative estimate of drug-likeness (QED) is 0.469. The second kappa shape index (κ2) is 12.7. The van der Waals surface area contributed by atoms with Crippen molar-refractivity contribution in [2.75, 3.05) is 13.2 Å². The molecule has 0 aromatic rings. The summed E-state index contributed by atoms with van der Waals surface area (Å²) in [6, 6.07) is 0. The van der Waals surface area contributed by atoms with E-state index in [0.29, 0.717) is 17.8 Å². The number of esters is 1. The lowest BCUT2D eigenvalue weighted by Gasteiger charge is -2.28. The Hall–Kier alpha value is -1.66. The Morgan fingerprint density at radius 1 is 0.929 bits per heavy atom. The Morgan fingerprint density at radius 2 is 1.36 bits per heavy atom. The standard InChI is InChI=1S/C18H30O4.C4H6O2/c1-13(10-14-2-4-15(11-19)5-3-14)18(21)22-17-8-6-16(12-20)7-9-17;1-3(2)4(5)6/h10,14-17,19-20H,2-9,11-12H2,1H3;1H2,2H3,(H,5,6). The van der Waals surface area contributed by atoms with E-state index in [9.17, 15) is 9.59 Å². The summed E-state index contributed by atoms with van der Waals surface area (Å²) < 4.78 is 5.60. The lowest BCUT2D eigenvalue weighted by molar-refractivity contribution is -0.146. The molecule has 28 heavy (non-hydrogen) atoms. The van der Waals surface area contributed by atoms with E-state index in [4.69, 9.17) is 20.1 Å². The Morgan fingerprint density at radius 3 is 1.75 bits per heavy atom. The predicted octanol–water partition coefficient (Wildman–Crippen LogP) is 3.47. The molecule has 3 N–H and O–H groups in total. The fourth-order valence-electron chi connectivity index (χ4n) is 3.64. The monoisotopic (exact) mass is 396 g/mol. The molecule has 6 heteroatoms. The third-order valence-corrected chi connectivity index (χ3v) is 5.65. The molecule has 0 aliphatic heterocycles. The van der Waals surface area contributed by atoms with Crippen molar-refractivity contribution in [3.63, 3.8) is 0 Å². The second-order valence-electron chi connectivity index (χ2n) is 8.13. The van der Waals surface area contributed by atoms with Gasteiger partial charge in [-0.05, 0) is 83.0 Å². The van der Waals surface area contributed by atoms with E-state index in [1.165, 1.54) is 6.92 Å². The smallest absolute Gasteiger partial charge is 0.333 e. The average Bonchev–Trinajstić information content (AvgIpc) is 2.69. The summed E-state index contributed by atoms with van der Waals surface area (Å²) in [6.07, 6.45) is 9.91. The SMILES string of the molecule is C=C(C)C(=O)O.CC(=CC1CCC(CO)CC1)C(=O)OC1CCC(CO)CC1. The molecule has 2 fully saturated rings. The van der Waals surface area contributed by atoms with Crippen LogP contribution in [0, 0.1) is 17.8 Å². The van der Waals surface area contributed by atoms with Gasteiger partial charge in [-0.1, -0.05) is 12.7 Å². The van der Waals surface area contributed by atoms with Crippen LogP contribution in [0.4, 0.5) is 0 Å². The van der Waals surface area contributed by atoms with Crippen molar-refractivity contribution in [2.24, 2.45) is 17.8 Å². The Balaban J connectivity index is 0.000000568. The van der Waals surface area contributed by atoms with Crippen LogP contribution >= 0.6 is 0 Å². The summed E-state index contributed by atoms with van der Waals surface area (Å²) in [5, 5.41) is 26.2. The lowest BCUT2D eigenvalue weighted by Crippen LogP contribution is -2.26. The summed E-state index contributed by atoms with van der Waals surface area (Å²) in [6.45, 7) is 6.98. The number of aliphatic hydroxyl groups is 2. The maximum absolute atomic E-state index is 12.2. The largest absolute Gasteiger partial charge is 0.478 e. The van der Waals surface area contributed by atoms with Crippen LogP contribution in [0.5, 0.6) is 0 Å². The number of carbonyl (C=O) groups is 2. The van der Waals surface area contributed by atoms with E-state index >= 15 is 0 Å². The van der Waals surface area contributed by atoms with Crippen molar-refractivity contribution in [3.8, 4) is 0 Å². The summed E-state index contributed by atoms with van der Waals surface area (Å²) in [5.74, 6) is 0.152. The van der Waals surface area contributed by atoms with Crippen LogP contribution < -0.4 is 0 Å². The molecule has 2 saturated carbocycles. The molecular formula is C22H36O6. The summed E-state index contributed by atoms with van der Waals surface area (Å²) in [7, 11) is 0. The van der Waals surface area contributed by atoms with Crippen LogP contribution in [0.3, 0.4) is 0 Å². The highest BCUT2D eigenvalue weighted by atomic mass is 16.5. The molecule has 0 aromatic heterocycles. The minimum absolute atomic E-state index is 0.0174. The third kappa shape index (κ3) is 9.02. The number of hydrogen-bond donors (Lipinski definition) is 3. The van der Waals surface area contributed by atoms with Crippen LogP contribution in [0.25, 0.3) is 0 Å². The summed E-state index contributed by atoms with van der Waals surface area (Å²) in [5.41, 5.74) is 0.895. The van der Waals surface area contributed by atoms with Gasteiger partial charge in [-0.25, -0.2) is 9.59 Å². The number of aliphatic hydroxyl groups excluding tert-OH is 2. The number of ether oxygens (including phenoxy) is 1. The number of carboxylic acids is 1. The van der Waals surface area contributed by atoms with Gasteiger partial charge in [-0.3, -0.25) is 0 Å². The van der Waals surface area contributed by atoms with E-state index in [1.807, 2.05) is 6.92 Å². The molecular weight excluding hydrogens is 360 g/mol. The maximum Gasteiger partial charge on any atom is 0.333 e. The van der Waals surface area contributed by atoms with Gasteiger partial charge in [0.2, 0.25) is 0 Å². The Kier molecular flexibility index (Phi) is 11.1. The lowest BCUT2D eigenvalue weighted by atomic mass is 9.81. The minimum Gasteiger partial charge on any atom is -0.478 e. The van der Waals surface area contributed by atoms with Crippen molar-refractivity contribution in [3.05, 3.63) is 23.8 Å². The van der Waals surface area contributed by atoms with Gasteiger partial charge in [0.25, 0.3) is 0 Å². The van der Waals surface area contributed by atoms with Gasteiger partial charge in [0.15, 0.2) is 0 Å². The predicted molar refractivity (Wildman–Crippen MR) is 108 cm³/mol. The third-order valence-electron chi connectivity index (χ3n) is 5.65. The molecule has 0 radical (unpaired) electrons. The first kappa shape index (κ1) is 24.4. The summed E-state index contributed by atoms with van der Waals surface area (Å²) >= 11 is 0. The van der Waals surface area contributed by atoms with Crippen molar-refractivity contribution in [2.45, 2.75) is 71.3 Å². The zero-order chi connectivity index (χ0) is 21.1. The van der Waals surface area contributed by atoms with Gasteiger partial charge < -0.3 is 20.1 Å². The maximum atomic E-state index is 12.2. The normalized spacial score (nSPS) is 27.9. The number of hydrogen-bond acceptors (Lipinski definition) is 5. The van der Waals surface area contributed by atoms with E-state index in [-0.39, 0.29) is 30.9 Å². The van der Waals surface area contributed by atoms with Gasteiger partial charge in [-0.2, -0.15) is 0 Å². The highest BCUT2D eigenvalue weighted by Gasteiger charge is 2.25. The molecule has 0 amide bonds. The zero-order valence-electron chi connectivity index (χ0n) is 17.2. The molecule has 2 aliphatic rings. The molecule has 6 nitrogen and oxygen atoms in total. The fourth-order valence-corrected chi connectivity index (χ4v) is 3.64. The summed E-state index contributed by atoms with van der Waals surface area (Å²) in [4.78, 5) is 21.8. The molecule has 0 aromatic carbocycles. The van der Waals surface area contributed by atoms with Gasteiger partial charge in [0.05, 0.1) is 0 Å². The molecule has 2 rings (SSSR count). The molecule has 0 heterocycles. The first-order chi connectivity index (χ1) is 13.3. The van der Waals surface area contributed by atoms with Crippen molar-refractivity contribution in [1.82, 2.24) is 0 Å². The van der Waals surface area contributed by atoms with Gasteiger partial charge in [-0.15, -0.1) is 0 Å². The highest BCUT2D eigenvalue weighted by Crippen LogP contribution is 2.30. The van der Waals surface area contributed by atoms with Crippen LogP contribution in [-0.2, 0) is 14.3 Å². The van der Waals surface area contributed by atoms with Crippen molar-refractivity contribution >= 4 is 11.9 Å². The van der Waals surface area contributed by atoms with Gasteiger partial charge in [0, 0.05) is 24.4 Å². The fraction of sp³-hybridized carbons (Fsp3) is 0.727. The Labute approximate surface area is 168 Å². The van der Waals surface area contributed by atoms with E-state index in [0.717, 1.165) is 56.9 Å². The van der Waals surface area contributed by atoms with Crippen molar-refractivity contribution < 1.29 is 29.6 Å². The second-order valence-corrected chi connectivity index (χ2v) is 8.13. The minimum atomic E-state index is -0.935.